The minimum atomic E-state index is -4.01. The Balaban J connectivity index is 1.82. The van der Waals surface area contributed by atoms with Gasteiger partial charge in [-0.15, -0.1) is 0 Å². The van der Waals surface area contributed by atoms with E-state index < -0.39 is 49.1 Å². The molecule has 2 heterocycles. The van der Waals surface area contributed by atoms with Gasteiger partial charge in [0.15, 0.2) is 6.23 Å². The minimum Gasteiger partial charge on any atom is -0.424 e. The molecule has 1 aliphatic rings. The Kier molecular flexibility index (Phi) is 6.84. The molecule has 1 unspecified atom stereocenters. The lowest BCUT2D eigenvalue weighted by molar-refractivity contribution is -0.0546. The number of halogens is 2. The number of hydrogen-bond acceptors (Lipinski definition) is 8. The highest BCUT2D eigenvalue weighted by molar-refractivity contribution is 8.07. The van der Waals surface area contributed by atoms with Crippen LogP contribution < -0.4 is 15.8 Å². The molecule has 0 bridgehead atoms. The molecule has 10 nitrogen and oxygen atoms in total. The predicted molar refractivity (Wildman–Crippen MR) is 107 cm³/mol. The molecule has 1 saturated heterocycles. The number of hydrogen-bond donors (Lipinski definition) is 4. The number of aliphatic hydroxyl groups is 2. The predicted octanol–water partition coefficient (Wildman–Crippen LogP) is 0.775. The summed E-state index contributed by atoms with van der Waals surface area (Å²) in [5, 5.41) is 20.6. The first kappa shape index (κ1) is 22.4. The van der Waals surface area contributed by atoms with Crippen LogP contribution in [0.2, 0.25) is 10.0 Å². The molecule has 1 aromatic carbocycles. The van der Waals surface area contributed by atoms with E-state index in [0.29, 0.717) is 0 Å². The smallest absolute Gasteiger partial charge is 0.378 e. The van der Waals surface area contributed by atoms with Gasteiger partial charge in [0, 0.05) is 34.1 Å². The monoisotopic (exact) mass is 484 g/mol. The standard InChI is InChI=1S/C15H15Cl2N2O8PS/c16-7-3-8(17)5-9(4-7)26-28(24,29)27-13-10(6-20)25-14(12(13)22)19-2-1-11(21)18-15(19)23/h1-5,10,12-14,20,22H,6H2,(H,24,29)(H,18,21,23)/t10-,12-,13-,14-,28?/m1/s1. The Hall–Kier alpha value is -1.27. The van der Waals surface area contributed by atoms with Gasteiger partial charge in [-0.3, -0.25) is 18.9 Å². The number of benzene rings is 1. The highest BCUT2D eigenvalue weighted by Gasteiger charge is 2.48. The first-order valence-electron chi connectivity index (χ1n) is 8.02. The normalized spacial score (nSPS) is 26.2. The van der Waals surface area contributed by atoms with E-state index in [1.54, 1.807) is 0 Å². The lowest BCUT2D eigenvalue weighted by Crippen LogP contribution is -2.38. The molecule has 2 aromatic rings. The van der Waals surface area contributed by atoms with E-state index in [2.05, 4.69) is 0 Å². The summed E-state index contributed by atoms with van der Waals surface area (Å²) in [6, 6.07) is 5.20. The van der Waals surface area contributed by atoms with E-state index in [1.165, 1.54) is 18.2 Å². The van der Waals surface area contributed by atoms with Crippen LogP contribution in [0.5, 0.6) is 5.75 Å². The molecule has 4 N–H and O–H groups in total. The van der Waals surface area contributed by atoms with Gasteiger partial charge in [0.25, 0.3) is 5.56 Å². The molecule has 3 rings (SSSR count). The highest BCUT2D eigenvalue weighted by Crippen LogP contribution is 2.49. The first-order chi connectivity index (χ1) is 13.6. The average molecular weight is 485 g/mol. The molecular formula is C15H15Cl2N2O8PS. The maximum Gasteiger partial charge on any atom is 0.378 e. The third-order valence-corrected chi connectivity index (χ3v) is 5.80. The Morgan fingerprint density at radius 3 is 2.52 bits per heavy atom. The molecular weight excluding hydrogens is 470 g/mol. The molecule has 1 fully saturated rings. The van der Waals surface area contributed by atoms with Crippen molar-refractivity contribution < 1.29 is 28.9 Å². The zero-order valence-electron chi connectivity index (χ0n) is 14.3. The second-order valence-corrected chi connectivity index (χ2v) is 9.58. The van der Waals surface area contributed by atoms with Crippen LogP contribution in [-0.2, 0) is 21.1 Å². The van der Waals surface area contributed by atoms with Crippen molar-refractivity contribution in [3.8, 4) is 5.75 Å². The second-order valence-electron chi connectivity index (χ2n) is 5.99. The van der Waals surface area contributed by atoms with Gasteiger partial charge in [-0.2, -0.15) is 0 Å². The number of rotatable bonds is 6. The summed E-state index contributed by atoms with van der Waals surface area (Å²) in [5.41, 5.74) is -1.48. The molecule has 1 aliphatic heterocycles. The van der Waals surface area contributed by atoms with Crippen molar-refractivity contribution in [2.75, 3.05) is 6.61 Å². The molecule has 5 atom stereocenters. The molecule has 14 heteroatoms. The molecule has 0 aliphatic carbocycles. The van der Waals surface area contributed by atoms with Crippen molar-refractivity contribution in [1.29, 1.82) is 0 Å². The van der Waals surface area contributed by atoms with E-state index in [1.807, 2.05) is 4.98 Å². The SMILES string of the molecule is O=c1ccn([C@@H]2O[C@H](CO)[C@@H](OP(O)(=S)Oc3cc(Cl)cc(Cl)c3)[C@H]2O)c(=O)[nH]1. The van der Waals surface area contributed by atoms with Crippen molar-refractivity contribution in [3.63, 3.8) is 0 Å². The fraction of sp³-hybridized carbons (Fsp3) is 0.333. The highest BCUT2D eigenvalue weighted by atomic mass is 35.5. The minimum absolute atomic E-state index is 0.0377. The number of aromatic nitrogens is 2. The lowest BCUT2D eigenvalue weighted by atomic mass is 10.1. The summed E-state index contributed by atoms with van der Waals surface area (Å²) in [6.45, 7) is -4.63. The summed E-state index contributed by atoms with van der Waals surface area (Å²) in [4.78, 5) is 35.6. The molecule has 158 valence electrons. The van der Waals surface area contributed by atoms with Crippen molar-refractivity contribution in [2.45, 2.75) is 24.5 Å². The van der Waals surface area contributed by atoms with Gasteiger partial charge in [-0.05, 0) is 18.2 Å². The van der Waals surface area contributed by atoms with E-state index in [-0.39, 0.29) is 15.8 Å². The van der Waals surface area contributed by atoms with Gasteiger partial charge in [-0.25, -0.2) is 4.79 Å². The van der Waals surface area contributed by atoms with Crippen molar-refractivity contribution >= 4 is 41.7 Å². The van der Waals surface area contributed by atoms with Crippen LogP contribution >= 0.6 is 29.9 Å². The number of nitrogens with zero attached hydrogens (tertiary/aromatic N) is 1. The molecule has 0 amide bonds. The van der Waals surface area contributed by atoms with Crippen LogP contribution in [0, 0.1) is 0 Å². The number of aliphatic hydroxyl groups excluding tert-OH is 2. The molecule has 0 spiro atoms. The van der Waals surface area contributed by atoms with Crippen LogP contribution in [-0.4, -0.2) is 49.6 Å². The van der Waals surface area contributed by atoms with Gasteiger partial charge in [0.05, 0.1) is 6.61 Å². The quantitative estimate of drug-likeness (QED) is 0.437. The molecule has 0 saturated carbocycles. The third-order valence-electron chi connectivity index (χ3n) is 3.93. The summed E-state index contributed by atoms with van der Waals surface area (Å²) in [5.74, 6) is 0.0377. The first-order valence-corrected chi connectivity index (χ1v) is 11.4. The topological polar surface area (TPSA) is 143 Å². The molecule has 1 aromatic heterocycles. The van der Waals surface area contributed by atoms with E-state index in [0.717, 1.165) is 16.8 Å². The van der Waals surface area contributed by atoms with Gasteiger partial charge in [-0.1, -0.05) is 23.2 Å². The average Bonchev–Trinajstić information content (AvgIpc) is 2.89. The van der Waals surface area contributed by atoms with Gasteiger partial charge < -0.3 is 24.4 Å². The largest absolute Gasteiger partial charge is 0.424 e. The Morgan fingerprint density at radius 1 is 1.28 bits per heavy atom. The Morgan fingerprint density at radius 2 is 1.93 bits per heavy atom. The van der Waals surface area contributed by atoms with Crippen LogP contribution in [0.15, 0.2) is 40.1 Å². The summed E-state index contributed by atoms with van der Waals surface area (Å²) in [7, 11) is 0. The maximum atomic E-state index is 12.0. The van der Waals surface area contributed by atoms with Crippen molar-refractivity contribution in [1.82, 2.24) is 9.55 Å². The summed E-state index contributed by atoms with van der Waals surface area (Å²) < 4.78 is 17.0. The fourth-order valence-electron chi connectivity index (χ4n) is 2.74. The third kappa shape index (κ3) is 5.26. The number of nitrogens with one attached hydrogen (secondary N) is 1. The maximum absolute atomic E-state index is 12.0. The zero-order chi connectivity index (χ0) is 21.3. The molecule has 29 heavy (non-hydrogen) atoms. The summed E-state index contributed by atoms with van der Waals surface area (Å²) in [6.07, 6.45) is -4.20. The fourth-order valence-corrected chi connectivity index (χ4v) is 4.79. The van der Waals surface area contributed by atoms with Gasteiger partial charge >= 0.3 is 12.4 Å². The van der Waals surface area contributed by atoms with Crippen LogP contribution in [0.1, 0.15) is 6.23 Å². The lowest BCUT2D eigenvalue weighted by Gasteiger charge is -2.25. The van der Waals surface area contributed by atoms with Crippen molar-refractivity contribution in [3.05, 3.63) is 61.3 Å². The molecule has 0 radical (unpaired) electrons. The van der Waals surface area contributed by atoms with Crippen LogP contribution in [0.3, 0.4) is 0 Å². The Labute approximate surface area is 178 Å². The zero-order valence-corrected chi connectivity index (χ0v) is 17.6. The Bertz CT molecular complexity index is 1040. The van der Waals surface area contributed by atoms with Gasteiger partial charge in [0.2, 0.25) is 0 Å². The van der Waals surface area contributed by atoms with Crippen LogP contribution in [0.4, 0.5) is 0 Å². The van der Waals surface area contributed by atoms with E-state index in [9.17, 15) is 24.7 Å². The second kappa shape index (κ2) is 8.84. The number of aromatic amines is 1. The van der Waals surface area contributed by atoms with Crippen LogP contribution in [0.25, 0.3) is 0 Å². The van der Waals surface area contributed by atoms with Gasteiger partial charge in [0.1, 0.15) is 24.1 Å². The summed E-state index contributed by atoms with van der Waals surface area (Å²) >= 11 is 16.7. The van der Waals surface area contributed by atoms with Crippen molar-refractivity contribution in [2.24, 2.45) is 0 Å². The number of ether oxygens (including phenoxy) is 1. The van der Waals surface area contributed by atoms with E-state index in [4.69, 9.17) is 48.8 Å². The number of H-pyrrole nitrogens is 1. The van der Waals surface area contributed by atoms with E-state index >= 15 is 0 Å².